The zero-order valence-electron chi connectivity index (χ0n) is 29.9. The van der Waals surface area contributed by atoms with E-state index in [9.17, 15) is 0 Å². The van der Waals surface area contributed by atoms with Crippen LogP contribution in [0.15, 0.2) is 177 Å². The van der Waals surface area contributed by atoms with Crippen LogP contribution in [0.5, 0.6) is 0 Å². The van der Waals surface area contributed by atoms with Crippen LogP contribution < -0.4 is 9.13 Å². The van der Waals surface area contributed by atoms with Crippen LogP contribution in [-0.2, 0) is 0 Å². The van der Waals surface area contributed by atoms with Crippen LogP contribution in [0.2, 0.25) is 0 Å². The standard InChI is InChI=1S/C51H33N3S/c1-2-42-47(49-34-18-7-6-16-32(34)43-19-11-13-25-53(43)49)39-29-45-38(28-37(39)44-20-10-12-24-52(42)44)41-27-31(30-14-4-3-5-15-30)26-40-35-22-23-36-33-17-8-9-21-46(33)55-51(36)50(35)54(45)48(40)41/h2-29,42,47,49H,1H2/q+2. The molecule has 2 aliphatic heterocycles. The first-order valence-electron chi connectivity index (χ1n) is 19.2. The van der Waals surface area contributed by atoms with E-state index in [1.54, 1.807) is 0 Å². The topological polar surface area (TPSA) is 12.2 Å². The summed E-state index contributed by atoms with van der Waals surface area (Å²) in [6.07, 6.45) is 6.71. The van der Waals surface area contributed by atoms with Gasteiger partial charge in [-0.2, -0.15) is 9.13 Å². The van der Waals surface area contributed by atoms with Gasteiger partial charge in [0.1, 0.15) is 5.92 Å². The summed E-state index contributed by atoms with van der Waals surface area (Å²) in [4.78, 5) is 0. The molecule has 3 atom stereocenters. The highest BCUT2D eigenvalue weighted by molar-refractivity contribution is 7.26. The van der Waals surface area contributed by atoms with Crippen molar-refractivity contribution in [2.75, 3.05) is 0 Å². The number of fused-ring (bicyclic) bond motifs is 16. The van der Waals surface area contributed by atoms with E-state index >= 15 is 0 Å². The number of pyridine rings is 2. The predicted octanol–water partition coefficient (Wildman–Crippen LogP) is 12.2. The zero-order chi connectivity index (χ0) is 35.9. The zero-order valence-corrected chi connectivity index (χ0v) is 30.7. The molecule has 0 amide bonds. The van der Waals surface area contributed by atoms with Crippen molar-refractivity contribution in [3.05, 3.63) is 188 Å². The van der Waals surface area contributed by atoms with Crippen LogP contribution in [0, 0.1) is 0 Å². The minimum absolute atomic E-state index is 0.0441. The summed E-state index contributed by atoms with van der Waals surface area (Å²) in [5.41, 5.74) is 14.2. The van der Waals surface area contributed by atoms with Crippen LogP contribution in [0.25, 0.3) is 91.9 Å². The first-order chi connectivity index (χ1) is 27.3. The molecule has 2 aliphatic rings. The molecule has 13 rings (SSSR count). The van der Waals surface area contributed by atoms with E-state index < -0.39 is 0 Å². The molecule has 3 unspecified atom stereocenters. The fourth-order valence-corrected chi connectivity index (χ4v) is 11.7. The lowest BCUT2D eigenvalue weighted by Gasteiger charge is -2.31. The second kappa shape index (κ2) is 10.7. The fourth-order valence-electron chi connectivity index (χ4n) is 10.5. The molecule has 0 saturated heterocycles. The minimum Gasteiger partial charge on any atom is -0.307 e. The number of benzene rings is 6. The molecule has 55 heavy (non-hydrogen) atoms. The first-order valence-corrected chi connectivity index (χ1v) is 20.0. The Kier molecular flexibility index (Phi) is 5.82. The fraction of sp³-hybridized carbons (Fsp3) is 0.0588. The summed E-state index contributed by atoms with van der Waals surface area (Å²) < 4.78 is 10.3. The highest BCUT2D eigenvalue weighted by Crippen LogP contribution is 2.53. The van der Waals surface area contributed by atoms with Gasteiger partial charge in [0.15, 0.2) is 24.5 Å². The number of hydrogen-bond acceptors (Lipinski definition) is 1. The van der Waals surface area contributed by atoms with E-state index in [-0.39, 0.29) is 18.0 Å². The molecule has 0 aliphatic carbocycles. The van der Waals surface area contributed by atoms with Gasteiger partial charge in [-0.05, 0) is 71.3 Å². The number of rotatable bonds is 3. The molecule has 0 bridgehead atoms. The van der Waals surface area contributed by atoms with Gasteiger partial charge in [-0.1, -0.05) is 85.4 Å². The summed E-state index contributed by atoms with van der Waals surface area (Å²) in [6, 6.07) is 56.9. The molecule has 6 aromatic carbocycles. The lowest BCUT2D eigenvalue weighted by Crippen LogP contribution is -2.52. The third-order valence-corrected chi connectivity index (χ3v) is 13.9. The van der Waals surface area contributed by atoms with Crippen LogP contribution in [0.3, 0.4) is 0 Å². The number of thiophene rings is 1. The maximum atomic E-state index is 4.52. The van der Waals surface area contributed by atoms with Gasteiger partial charge in [0.05, 0.1) is 32.4 Å². The summed E-state index contributed by atoms with van der Waals surface area (Å²) in [7, 11) is 0. The largest absolute Gasteiger partial charge is 0.307 e. The maximum absolute atomic E-state index is 4.52. The maximum Gasteiger partial charge on any atom is 0.213 e. The summed E-state index contributed by atoms with van der Waals surface area (Å²) in [5.74, 6) is 0.0951. The van der Waals surface area contributed by atoms with Crippen LogP contribution in [0.4, 0.5) is 0 Å². The average molecular weight is 720 g/mol. The lowest BCUT2D eigenvalue weighted by atomic mass is 9.76. The van der Waals surface area contributed by atoms with Crippen molar-refractivity contribution in [2.24, 2.45) is 0 Å². The molecule has 0 saturated carbocycles. The van der Waals surface area contributed by atoms with E-state index in [4.69, 9.17) is 0 Å². The second-order valence-corrected chi connectivity index (χ2v) is 16.3. The second-order valence-electron chi connectivity index (χ2n) is 15.3. The molecule has 0 radical (unpaired) electrons. The lowest BCUT2D eigenvalue weighted by molar-refractivity contribution is -0.739. The highest BCUT2D eigenvalue weighted by atomic mass is 32.1. The number of hydrogen-bond donors (Lipinski definition) is 0. The van der Waals surface area contributed by atoms with Crippen molar-refractivity contribution < 1.29 is 9.13 Å². The van der Waals surface area contributed by atoms with Crippen molar-refractivity contribution >= 4 is 69.6 Å². The number of allylic oxidation sites excluding steroid dienone is 1. The summed E-state index contributed by atoms with van der Waals surface area (Å²) in [5, 5.41) is 7.87. The molecule has 4 heteroatoms. The molecule has 256 valence electrons. The Balaban J connectivity index is 1.21. The van der Waals surface area contributed by atoms with Crippen molar-refractivity contribution in [3.8, 4) is 33.6 Å². The van der Waals surface area contributed by atoms with E-state index in [1.165, 1.54) is 103 Å². The Morgan fingerprint density at radius 1 is 0.527 bits per heavy atom. The molecule has 0 spiro atoms. The van der Waals surface area contributed by atoms with Gasteiger partial charge < -0.3 is 4.40 Å². The van der Waals surface area contributed by atoms with E-state index in [1.807, 2.05) is 11.3 Å². The Morgan fingerprint density at radius 2 is 1.24 bits per heavy atom. The third kappa shape index (κ3) is 3.79. The normalized spacial score (nSPS) is 17.3. The van der Waals surface area contributed by atoms with Crippen molar-refractivity contribution in [1.82, 2.24) is 4.40 Å². The monoisotopic (exact) mass is 719 g/mol. The molecule has 0 N–H and O–H groups in total. The quantitative estimate of drug-likeness (QED) is 0.127. The van der Waals surface area contributed by atoms with E-state index in [0.717, 1.165) is 0 Å². The smallest absolute Gasteiger partial charge is 0.213 e. The molecular formula is C51H33N3S+2. The van der Waals surface area contributed by atoms with Crippen molar-refractivity contribution in [2.45, 2.75) is 18.0 Å². The van der Waals surface area contributed by atoms with E-state index in [0.29, 0.717) is 0 Å². The minimum atomic E-state index is 0.0441. The number of aromatic nitrogens is 3. The van der Waals surface area contributed by atoms with Gasteiger partial charge in [0.25, 0.3) is 0 Å². The molecule has 11 aromatic rings. The third-order valence-electron chi connectivity index (χ3n) is 12.7. The molecule has 5 aromatic heterocycles. The number of nitrogens with zero attached hydrogens (tertiary/aromatic N) is 3. The summed E-state index contributed by atoms with van der Waals surface area (Å²) in [6.45, 7) is 4.52. The van der Waals surface area contributed by atoms with Crippen molar-refractivity contribution in [3.63, 3.8) is 0 Å². The molecular weight excluding hydrogens is 687 g/mol. The predicted molar refractivity (Wildman–Crippen MR) is 227 cm³/mol. The summed E-state index contributed by atoms with van der Waals surface area (Å²) >= 11 is 1.92. The van der Waals surface area contributed by atoms with Crippen LogP contribution >= 0.6 is 11.3 Å². The van der Waals surface area contributed by atoms with Gasteiger partial charge in [0.2, 0.25) is 11.4 Å². The SMILES string of the molecule is C=CC1C(C2c3ccccc3-c3cccc[n+]32)c2cc3c(cc2-c2cccc[n+]21)c1cc(-c2ccccc2)cc2c4ccc5c6ccccc6sc5c4n3c12. The van der Waals surface area contributed by atoms with Gasteiger partial charge in [-0.25, -0.2) is 0 Å². The van der Waals surface area contributed by atoms with E-state index in [2.05, 4.69) is 190 Å². The average Bonchev–Trinajstić information content (AvgIpc) is 3.98. The van der Waals surface area contributed by atoms with Gasteiger partial charge in [0, 0.05) is 66.8 Å². The highest BCUT2D eigenvalue weighted by Gasteiger charge is 2.51. The molecule has 3 nitrogen and oxygen atoms in total. The Labute approximate surface area is 321 Å². The Morgan fingerprint density at radius 3 is 2.09 bits per heavy atom. The molecule has 0 fully saturated rings. The van der Waals surface area contributed by atoms with Crippen LogP contribution in [-0.4, -0.2) is 4.40 Å². The Hall–Kier alpha value is -6.62. The van der Waals surface area contributed by atoms with Gasteiger partial charge in [-0.15, -0.1) is 11.3 Å². The van der Waals surface area contributed by atoms with Crippen molar-refractivity contribution in [1.29, 1.82) is 0 Å². The van der Waals surface area contributed by atoms with Crippen LogP contribution in [0.1, 0.15) is 29.1 Å². The van der Waals surface area contributed by atoms with Gasteiger partial charge in [-0.3, -0.25) is 0 Å². The Bertz CT molecular complexity index is 3380. The molecule has 7 heterocycles. The van der Waals surface area contributed by atoms with Gasteiger partial charge >= 0.3 is 0 Å². The first kappa shape index (κ1) is 29.8.